The van der Waals surface area contributed by atoms with Crippen molar-refractivity contribution in [1.29, 1.82) is 0 Å². The van der Waals surface area contributed by atoms with E-state index in [4.69, 9.17) is 29.3 Å². The molecule has 2 saturated heterocycles. The number of pyridine rings is 1. The van der Waals surface area contributed by atoms with Gasteiger partial charge in [-0.3, -0.25) is 19.4 Å². The molecule has 2 aliphatic heterocycles. The lowest BCUT2D eigenvalue weighted by Gasteiger charge is -2.29. The highest BCUT2D eigenvalue weighted by molar-refractivity contribution is 6.06. The van der Waals surface area contributed by atoms with Gasteiger partial charge in [0, 0.05) is 42.7 Å². The number of carbonyl (C=O) groups is 3. The highest BCUT2D eigenvalue weighted by Crippen LogP contribution is 2.37. The predicted molar refractivity (Wildman–Crippen MR) is 220 cm³/mol. The molecule has 4 N–H and O–H groups in total. The number of hydroxylamine groups is 1. The summed E-state index contributed by atoms with van der Waals surface area (Å²) in [5.74, 6) is 1.23. The number of alkyl carbamates (subject to hydrolysis) is 1. The molecule has 0 aliphatic carbocycles. The van der Waals surface area contributed by atoms with Crippen LogP contribution in [0, 0.1) is 11.8 Å². The Morgan fingerprint density at radius 3 is 2.00 bits per heavy atom. The number of nitrogens with one attached hydrogen (secondary N) is 4. The normalized spacial score (nSPS) is 18.3. The third kappa shape index (κ3) is 7.33. The maximum atomic E-state index is 13.7. The first-order valence-electron chi connectivity index (χ1n) is 20.1. The molecule has 0 bridgehead atoms. The molecule has 2 aliphatic rings. The van der Waals surface area contributed by atoms with Crippen LogP contribution < -0.4 is 10.8 Å². The highest BCUT2D eigenvalue weighted by atomic mass is 16.7. The fourth-order valence-electron chi connectivity index (χ4n) is 8.50. The van der Waals surface area contributed by atoms with Crippen LogP contribution in [0.4, 0.5) is 4.79 Å². The molecule has 8 rings (SSSR count). The van der Waals surface area contributed by atoms with Crippen molar-refractivity contribution in [2.45, 2.75) is 77.5 Å². The van der Waals surface area contributed by atoms with Crippen molar-refractivity contribution in [2.75, 3.05) is 34.1 Å². The second-order valence-electron chi connectivity index (χ2n) is 16.0. The summed E-state index contributed by atoms with van der Waals surface area (Å²) in [5.41, 5.74) is 9.07. The minimum absolute atomic E-state index is 0.0143. The number of hydrogen-bond donors (Lipinski definition) is 4. The summed E-state index contributed by atoms with van der Waals surface area (Å²) in [6, 6.07) is 15.1. The van der Waals surface area contributed by atoms with E-state index in [1.165, 1.54) is 7.11 Å². The van der Waals surface area contributed by atoms with E-state index < -0.39 is 18.2 Å². The van der Waals surface area contributed by atoms with Crippen LogP contribution >= 0.6 is 0 Å². The van der Waals surface area contributed by atoms with Gasteiger partial charge < -0.3 is 34.6 Å². The number of rotatable bonds is 12. The number of nitrogens with zero attached hydrogens (tertiary/aromatic N) is 5. The van der Waals surface area contributed by atoms with E-state index in [9.17, 15) is 14.4 Å². The van der Waals surface area contributed by atoms with Gasteiger partial charge in [0.15, 0.2) is 6.79 Å². The average Bonchev–Trinajstić information content (AvgIpc) is 4.06. The molecule has 5 heterocycles. The zero-order valence-electron chi connectivity index (χ0n) is 33.8. The van der Waals surface area contributed by atoms with Crippen molar-refractivity contribution in [3.8, 4) is 11.1 Å². The van der Waals surface area contributed by atoms with E-state index in [0.29, 0.717) is 18.9 Å². The van der Waals surface area contributed by atoms with Crippen molar-refractivity contribution in [3.63, 3.8) is 0 Å². The summed E-state index contributed by atoms with van der Waals surface area (Å²) in [6.07, 6.45) is 4.57. The molecule has 6 aromatic rings. The van der Waals surface area contributed by atoms with Gasteiger partial charge in [-0.2, -0.15) is 5.48 Å². The van der Waals surface area contributed by atoms with Crippen LogP contribution in [0.25, 0.3) is 54.9 Å². The summed E-state index contributed by atoms with van der Waals surface area (Å²) >= 11 is 0. The molecule has 4 atom stereocenters. The van der Waals surface area contributed by atoms with E-state index >= 15 is 0 Å². The van der Waals surface area contributed by atoms with Gasteiger partial charge in [-0.25, -0.2) is 14.8 Å². The third-order valence-electron chi connectivity index (χ3n) is 11.6. The van der Waals surface area contributed by atoms with E-state index in [0.717, 1.165) is 86.4 Å². The third-order valence-corrected chi connectivity index (χ3v) is 11.6. The van der Waals surface area contributed by atoms with Crippen LogP contribution in [0.1, 0.15) is 77.1 Å². The number of imidazole rings is 2. The van der Waals surface area contributed by atoms with Gasteiger partial charge >= 0.3 is 6.09 Å². The summed E-state index contributed by atoms with van der Waals surface area (Å²) in [5, 5.41) is 5.73. The Labute approximate surface area is 336 Å². The molecular weight excluding hydrogens is 739 g/mol. The van der Waals surface area contributed by atoms with Crippen LogP contribution in [-0.2, 0) is 23.9 Å². The molecule has 15 nitrogen and oxygen atoms in total. The highest BCUT2D eigenvalue weighted by Gasteiger charge is 2.39. The largest absolute Gasteiger partial charge is 0.453 e. The number of fused-ring (bicyclic) bond motifs is 6. The number of benzene rings is 3. The summed E-state index contributed by atoms with van der Waals surface area (Å²) in [6.45, 7) is 9.09. The SMILES string of the molecule is COCON[C@H](C(=O)N1CCC[C@H]1c1nc2c(ccc3cc(-c4cnc5c(ccc6[nH]c([C@@H]7CCCN7C(=O)[C@@H](NC(=O)OC)C(C)C)nc65)c4)ccc32)[nH]1)C(C)C. The summed E-state index contributed by atoms with van der Waals surface area (Å²) in [7, 11) is 2.84. The van der Waals surface area contributed by atoms with Gasteiger partial charge in [-0.15, -0.1) is 0 Å². The van der Waals surface area contributed by atoms with Gasteiger partial charge in [-0.1, -0.05) is 52.0 Å². The quantitative estimate of drug-likeness (QED) is 0.0595. The molecule has 3 amide bonds. The second kappa shape index (κ2) is 16.3. The Balaban J connectivity index is 1.04. The number of aromatic amines is 2. The van der Waals surface area contributed by atoms with Crippen molar-refractivity contribution in [3.05, 3.63) is 66.4 Å². The molecule has 304 valence electrons. The van der Waals surface area contributed by atoms with Crippen LogP contribution in [0.5, 0.6) is 0 Å². The van der Waals surface area contributed by atoms with Gasteiger partial charge in [0.2, 0.25) is 11.8 Å². The minimum Gasteiger partial charge on any atom is -0.453 e. The zero-order chi connectivity index (χ0) is 40.7. The smallest absolute Gasteiger partial charge is 0.407 e. The topological polar surface area (TPSA) is 180 Å². The number of aromatic nitrogens is 5. The number of amides is 3. The van der Waals surface area contributed by atoms with Crippen LogP contribution in [0.3, 0.4) is 0 Å². The van der Waals surface area contributed by atoms with Gasteiger partial charge in [0.1, 0.15) is 29.2 Å². The van der Waals surface area contributed by atoms with Crippen molar-refractivity contribution in [1.82, 2.24) is 45.5 Å². The maximum absolute atomic E-state index is 13.7. The molecule has 2 fully saturated rings. The minimum atomic E-state index is -0.704. The van der Waals surface area contributed by atoms with Gasteiger partial charge in [-0.05, 0) is 72.7 Å². The number of hydrogen-bond acceptors (Lipinski definition) is 10. The lowest BCUT2D eigenvalue weighted by molar-refractivity contribution is -0.147. The first-order valence-corrected chi connectivity index (χ1v) is 20.1. The molecule has 0 radical (unpaired) electrons. The Morgan fingerprint density at radius 1 is 0.759 bits per heavy atom. The van der Waals surface area contributed by atoms with E-state index in [1.54, 1.807) is 7.11 Å². The van der Waals surface area contributed by atoms with Crippen LogP contribution in [0.15, 0.2) is 54.7 Å². The van der Waals surface area contributed by atoms with Gasteiger partial charge in [0.25, 0.3) is 0 Å². The monoisotopic (exact) mass is 789 g/mol. The molecule has 3 aromatic heterocycles. The lowest BCUT2D eigenvalue weighted by atomic mass is 10.0. The Bertz CT molecular complexity index is 2490. The number of methoxy groups -OCH3 is 2. The van der Waals surface area contributed by atoms with Crippen LogP contribution in [-0.4, -0.2) is 98.8 Å². The Hall–Kier alpha value is -5.64. The van der Waals surface area contributed by atoms with Crippen molar-refractivity contribution < 1.29 is 28.7 Å². The molecule has 15 heteroatoms. The Morgan fingerprint density at radius 2 is 1.36 bits per heavy atom. The fourth-order valence-corrected chi connectivity index (χ4v) is 8.50. The van der Waals surface area contributed by atoms with Gasteiger partial charge in [0.05, 0.1) is 41.3 Å². The molecular formula is C43H51N9O6. The van der Waals surface area contributed by atoms with Crippen LogP contribution in [0.2, 0.25) is 0 Å². The number of H-pyrrole nitrogens is 2. The number of carbonyl (C=O) groups excluding carboxylic acids is 3. The lowest BCUT2D eigenvalue weighted by Crippen LogP contribution is -2.51. The number of likely N-dealkylation sites (tertiary alicyclic amines) is 2. The molecule has 0 unspecified atom stereocenters. The fraction of sp³-hybridized carbons (Fsp3) is 0.442. The predicted octanol–water partition coefficient (Wildman–Crippen LogP) is 6.66. The first kappa shape index (κ1) is 39.2. The summed E-state index contributed by atoms with van der Waals surface area (Å²) < 4.78 is 9.78. The van der Waals surface area contributed by atoms with E-state index in [1.807, 2.05) is 55.8 Å². The number of ether oxygens (including phenoxy) is 2. The molecule has 3 aromatic carbocycles. The van der Waals surface area contributed by atoms with Crippen molar-refractivity contribution in [2.24, 2.45) is 11.8 Å². The van der Waals surface area contributed by atoms with Crippen molar-refractivity contribution >= 4 is 61.6 Å². The first-order chi connectivity index (χ1) is 28.1. The standard InChI is InChI=1S/C43H51N9O6/c1-23(2)34(49-43(55)57-6)41(53)51-17-7-10-33(51)40-46-31-16-13-27-20-28(21-44-36(27)38(31)48-40)25-11-14-29-26(19-25)12-15-30-37(29)47-39(45-30)32-9-8-18-52(32)42(54)35(24(3)4)50-58-22-56-5/h11-16,19-21,23-24,32-35,50H,7-10,17-18,22H2,1-6H3,(H,45,47)(H,46,48)(H,49,55)/t32-,33-,34-,35-/m0/s1. The molecule has 0 spiro atoms. The molecule has 0 saturated carbocycles. The summed E-state index contributed by atoms with van der Waals surface area (Å²) in [4.78, 5) is 70.6. The van der Waals surface area contributed by atoms with E-state index in [-0.39, 0.29) is 42.5 Å². The average molecular weight is 790 g/mol. The molecule has 58 heavy (non-hydrogen) atoms. The maximum Gasteiger partial charge on any atom is 0.407 e. The zero-order valence-corrected chi connectivity index (χ0v) is 33.8. The Kier molecular flexibility index (Phi) is 11.0. The second-order valence-corrected chi connectivity index (χ2v) is 16.0. The van der Waals surface area contributed by atoms with E-state index in [2.05, 4.69) is 57.2 Å².